The molecule has 0 heterocycles. The van der Waals surface area contributed by atoms with Gasteiger partial charge in [-0.05, 0) is 96.4 Å². The summed E-state index contributed by atoms with van der Waals surface area (Å²) in [5.41, 5.74) is 1.41. The molecule has 0 aliphatic heterocycles. The van der Waals surface area contributed by atoms with Crippen molar-refractivity contribution in [1.29, 1.82) is 0 Å². The molecule has 0 bridgehead atoms. The van der Waals surface area contributed by atoms with Crippen LogP contribution in [0.2, 0.25) is 0 Å². The van der Waals surface area contributed by atoms with Gasteiger partial charge in [-0.3, -0.25) is 9.59 Å². The van der Waals surface area contributed by atoms with Gasteiger partial charge in [0.05, 0.1) is 0 Å². The standard InChI is InChI=1S/C27H42O2/c1-19-20(29)8-9-21-25(19,4)12-10-22-26(21,5)15-14-24(3)18-23(2,11-7-17-28)13-16-27(22,24)6/h7,11,17,19,21-22H,8-10,12-16,18H2,1-6H3. The van der Waals surface area contributed by atoms with E-state index in [1.807, 2.05) is 0 Å². The predicted octanol–water partition coefficient (Wildman–Crippen LogP) is 6.78. The molecule has 0 amide bonds. The maximum atomic E-state index is 12.6. The van der Waals surface area contributed by atoms with Crippen LogP contribution in [0.5, 0.6) is 0 Å². The van der Waals surface area contributed by atoms with Gasteiger partial charge in [0.25, 0.3) is 0 Å². The van der Waals surface area contributed by atoms with Gasteiger partial charge in [-0.25, -0.2) is 0 Å². The van der Waals surface area contributed by atoms with Gasteiger partial charge in [0.15, 0.2) is 0 Å². The molecule has 29 heavy (non-hydrogen) atoms. The number of rotatable bonds is 2. The maximum absolute atomic E-state index is 12.6. The fourth-order valence-corrected chi connectivity index (χ4v) is 9.36. The molecular weight excluding hydrogens is 356 g/mol. The van der Waals surface area contributed by atoms with Crippen LogP contribution in [0.15, 0.2) is 12.2 Å². The first-order chi connectivity index (χ1) is 13.4. The van der Waals surface area contributed by atoms with Crippen molar-refractivity contribution in [3.8, 4) is 0 Å². The van der Waals surface area contributed by atoms with Gasteiger partial charge >= 0.3 is 0 Å². The van der Waals surface area contributed by atoms with Crippen molar-refractivity contribution in [3.05, 3.63) is 12.2 Å². The summed E-state index contributed by atoms with van der Waals surface area (Å²) < 4.78 is 0. The Kier molecular flexibility index (Phi) is 4.81. The van der Waals surface area contributed by atoms with E-state index in [0.717, 1.165) is 25.0 Å². The molecule has 0 aromatic carbocycles. The van der Waals surface area contributed by atoms with E-state index in [0.29, 0.717) is 27.9 Å². The zero-order valence-corrected chi connectivity index (χ0v) is 19.6. The maximum Gasteiger partial charge on any atom is 0.142 e. The number of Topliss-reactive ketones (excluding diaryl/α,β-unsaturated/α-hetero) is 1. The van der Waals surface area contributed by atoms with Crippen LogP contribution in [0.25, 0.3) is 0 Å². The molecule has 0 saturated heterocycles. The van der Waals surface area contributed by atoms with E-state index in [-0.39, 0.29) is 16.7 Å². The molecule has 0 aromatic rings. The van der Waals surface area contributed by atoms with Crippen molar-refractivity contribution >= 4 is 12.1 Å². The largest absolute Gasteiger partial charge is 0.299 e. The highest BCUT2D eigenvalue weighted by Gasteiger charge is 2.67. The highest BCUT2D eigenvalue weighted by molar-refractivity contribution is 5.82. The third kappa shape index (κ3) is 2.79. The first-order valence-electron chi connectivity index (χ1n) is 12.1. The summed E-state index contributed by atoms with van der Waals surface area (Å²) in [4.78, 5) is 23.5. The van der Waals surface area contributed by atoms with Crippen LogP contribution < -0.4 is 0 Å². The van der Waals surface area contributed by atoms with E-state index < -0.39 is 0 Å². The Hall–Kier alpha value is -0.920. The second kappa shape index (κ2) is 6.54. The second-order valence-electron chi connectivity index (χ2n) is 12.7. The summed E-state index contributed by atoms with van der Waals surface area (Å²) >= 11 is 0. The van der Waals surface area contributed by atoms with Gasteiger partial charge in [-0.2, -0.15) is 0 Å². The first-order valence-corrected chi connectivity index (χ1v) is 12.1. The number of carbonyl (C=O) groups excluding carboxylic acids is 2. The SMILES string of the molecule is CC1C(=O)CCC2C1(C)CCC1C2(C)CCC2(C)CC(C)(C=CC=O)CCC12C. The number of carbonyl (C=O) groups is 2. The molecule has 4 aliphatic carbocycles. The molecule has 8 unspecified atom stereocenters. The lowest BCUT2D eigenvalue weighted by Crippen LogP contribution is -2.64. The lowest BCUT2D eigenvalue weighted by atomic mass is 9.33. The number of hydrogen-bond donors (Lipinski definition) is 0. The summed E-state index contributed by atoms with van der Waals surface area (Å²) in [6.07, 6.45) is 15.5. The average Bonchev–Trinajstić information content (AvgIpc) is 2.66. The average molecular weight is 399 g/mol. The molecule has 0 aromatic heterocycles. The minimum atomic E-state index is 0.151. The van der Waals surface area contributed by atoms with Gasteiger partial charge in [0.1, 0.15) is 12.1 Å². The highest BCUT2D eigenvalue weighted by Crippen LogP contribution is 2.75. The molecule has 0 radical (unpaired) electrons. The first kappa shape index (κ1) is 21.3. The fraction of sp³-hybridized carbons (Fsp3) is 0.852. The predicted molar refractivity (Wildman–Crippen MR) is 118 cm³/mol. The van der Waals surface area contributed by atoms with Gasteiger partial charge in [0, 0.05) is 12.3 Å². The zero-order valence-electron chi connectivity index (χ0n) is 19.6. The second-order valence-corrected chi connectivity index (χ2v) is 12.7. The van der Waals surface area contributed by atoms with Crippen LogP contribution in [-0.4, -0.2) is 12.1 Å². The molecule has 4 aliphatic rings. The minimum absolute atomic E-state index is 0.151. The van der Waals surface area contributed by atoms with E-state index in [4.69, 9.17) is 0 Å². The normalized spacial score (nSPS) is 55.1. The summed E-state index contributed by atoms with van der Waals surface area (Å²) in [6, 6.07) is 0. The Bertz CT molecular complexity index is 739. The molecule has 8 atom stereocenters. The summed E-state index contributed by atoms with van der Waals surface area (Å²) in [5, 5.41) is 0. The Labute approximate surface area is 178 Å². The number of aldehydes is 1. The van der Waals surface area contributed by atoms with Gasteiger partial charge < -0.3 is 0 Å². The third-order valence-corrected chi connectivity index (χ3v) is 11.5. The molecule has 0 spiro atoms. The van der Waals surface area contributed by atoms with E-state index in [1.165, 1.54) is 44.9 Å². The van der Waals surface area contributed by atoms with E-state index in [1.54, 1.807) is 6.08 Å². The van der Waals surface area contributed by atoms with Gasteiger partial charge in [-0.1, -0.05) is 47.6 Å². The number of allylic oxidation sites excluding steroid dienone is 2. The minimum Gasteiger partial charge on any atom is -0.299 e. The van der Waals surface area contributed by atoms with Crippen molar-refractivity contribution < 1.29 is 9.59 Å². The monoisotopic (exact) mass is 398 g/mol. The smallest absolute Gasteiger partial charge is 0.142 e. The van der Waals surface area contributed by atoms with Crippen LogP contribution >= 0.6 is 0 Å². The molecule has 4 fully saturated rings. The lowest BCUT2D eigenvalue weighted by Gasteiger charge is -2.71. The quantitative estimate of drug-likeness (QED) is 0.380. The van der Waals surface area contributed by atoms with Crippen molar-refractivity contribution in [2.45, 2.75) is 99.3 Å². The molecule has 162 valence electrons. The molecule has 0 N–H and O–H groups in total. The summed E-state index contributed by atoms with van der Waals surface area (Å²) in [5.74, 6) is 2.18. The van der Waals surface area contributed by atoms with Crippen LogP contribution in [-0.2, 0) is 9.59 Å². The van der Waals surface area contributed by atoms with E-state index in [9.17, 15) is 9.59 Å². The number of ketones is 1. The molecule has 4 rings (SSSR count). The molecule has 2 nitrogen and oxygen atoms in total. The van der Waals surface area contributed by atoms with Crippen LogP contribution in [0.3, 0.4) is 0 Å². The van der Waals surface area contributed by atoms with Crippen molar-refractivity contribution in [2.24, 2.45) is 44.8 Å². The van der Waals surface area contributed by atoms with Crippen LogP contribution in [0, 0.1) is 44.8 Å². The lowest BCUT2D eigenvalue weighted by molar-refractivity contribution is -0.222. The number of fused-ring (bicyclic) bond motifs is 5. The molecular formula is C27H42O2. The zero-order chi connectivity index (χ0) is 21.3. The van der Waals surface area contributed by atoms with Crippen LogP contribution in [0.1, 0.15) is 99.3 Å². The van der Waals surface area contributed by atoms with Crippen molar-refractivity contribution in [1.82, 2.24) is 0 Å². The summed E-state index contributed by atoms with van der Waals surface area (Å²) in [6.45, 7) is 14.8. The van der Waals surface area contributed by atoms with Crippen LogP contribution in [0.4, 0.5) is 0 Å². The Morgan fingerprint density at radius 1 is 0.862 bits per heavy atom. The van der Waals surface area contributed by atoms with Gasteiger partial charge in [-0.15, -0.1) is 0 Å². The fourth-order valence-electron chi connectivity index (χ4n) is 9.36. The third-order valence-electron chi connectivity index (χ3n) is 11.5. The summed E-state index contributed by atoms with van der Waals surface area (Å²) in [7, 11) is 0. The Morgan fingerprint density at radius 2 is 1.59 bits per heavy atom. The Morgan fingerprint density at radius 3 is 2.28 bits per heavy atom. The Balaban J connectivity index is 1.69. The van der Waals surface area contributed by atoms with Gasteiger partial charge in [0.2, 0.25) is 0 Å². The topological polar surface area (TPSA) is 34.1 Å². The van der Waals surface area contributed by atoms with E-state index >= 15 is 0 Å². The highest BCUT2D eigenvalue weighted by atomic mass is 16.1. The van der Waals surface area contributed by atoms with Crippen molar-refractivity contribution in [3.63, 3.8) is 0 Å². The molecule has 4 saturated carbocycles. The molecule has 2 heteroatoms. The number of hydrogen-bond acceptors (Lipinski definition) is 2. The van der Waals surface area contributed by atoms with Crippen molar-refractivity contribution in [2.75, 3.05) is 0 Å². The van der Waals surface area contributed by atoms with E-state index in [2.05, 4.69) is 47.6 Å².